The SMILES string of the molecule is COc1ccc([Se]C2CCCCC2O)cc1. The number of ether oxygens (including phenoxy) is 1. The van der Waals surface area contributed by atoms with Crippen molar-refractivity contribution in [1.29, 1.82) is 0 Å². The van der Waals surface area contributed by atoms with E-state index in [0.29, 0.717) is 19.8 Å². The first-order valence-corrected chi connectivity index (χ1v) is 7.63. The van der Waals surface area contributed by atoms with E-state index in [9.17, 15) is 5.11 Å². The fourth-order valence-corrected chi connectivity index (χ4v) is 4.60. The molecule has 88 valence electrons. The van der Waals surface area contributed by atoms with Crippen LogP contribution in [0.4, 0.5) is 0 Å². The molecule has 2 rings (SSSR count). The first-order valence-electron chi connectivity index (χ1n) is 5.78. The van der Waals surface area contributed by atoms with Gasteiger partial charge in [0.25, 0.3) is 0 Å². The molecular formula is C13H18O2Se. The fraction of sp³-hybridized carbons (Fsp3) is 0.538. The molecule has 0 spiro atoms. The van der Waals surface area contributed by atoms with E-state index in [-0.39, 0.29) is 6.10 Å². The third-order valence-corrected chi connectivity index (χ3v) is 5.95. The molecule has 0 aliphatic heterocycles. The van der Waals surface area contributed by atoms with Gasteiger partial charge in [0.05, 0.1) is 0 Å². The Morgan fingerprint density at radius 2 is 1.88 bits per heavy atom. The Morgan fingerprint density at radius 1 is 1.19 bits per heavy atom. The summed E-state index contributed by atoms with van der Waals surface area (Å²) in [6.07, 6.45) is 4.57. The predicted molar refractivity (Wildman–Crippen MR) is 66.6 cm³/mol. The summed E-state index contributed by atoms with van der Waals surface area (Å²) in [5.41, 5.74) is 0. The number of methoxy groups -OCH3 is 1. The molecule has 1 aromatic rings. The molecule has 1 aromatic carbocycles. The molecule has 3 heteroatoms. The van der Waals surface area contributed by atoms with Gasteiger partial charge < -0.3 is 0 Å². The maximum absolute atomic E-state index is 9.92. The molecular weight excluding hydrogens is 267 g/mol. The summed E-state index contributed by atoms with van der Waals surface area (Å²) in [6, 6.07) is 8.26. The molecule has 1 aliphatic rings. The molecule has 0 aromatic heterocycles. The van der Waals surface area contributed by atoms with E-state index in [0.717, 1.165) is 12.2 Å². The molecule has 2 unspecified atom stereocenters. The Kier molecular flexibility index (Phi) is 4.28. The zero-order valence-electron chi connectivity index (χ0n) is 9.56. The van der Waals surface area contributed by atoms with Gasteiger partial charge in [-0.3, -0.25) is 0 Å². The van der Waals surface area contributed by atoms with Crippen molar-refractivity contribution in [3.05, 3.63) is 24.3 Å². The molecule has 2 atom stereocenters. The molecule has 0 amide bonds. The summed E-state index contributed by atoms with van der Waals surface area (Å²) < 4.78 is 6.50. The van der Waals surface area contributed by atoms with Gasteiger partial charge in [-0.05, 0) is 0 Å². The third kappa shape index (κ3) is 3.00. The number of benzene rings is 1. The quantitative estimate of drug-likeness (QED) is 0.857. The Morgan fingerprint density at radius 3 is 2.50 bits per heavy atom. The zero-order chi connectivity index (χ0) is 11.4. The second-order valence-corrected chi connectivity index (χ2v) is 6.94. The van der Waals surface area contributed by atoms with Crippen LogP contribution in [0.3, 0.4) is 0 Å². The molecule has 1 fully saturated rings. The van der Waals surface area contributed by atoms with Crippen LogP contribution in [0.15, 0.2) is 24.3 Å². The van der Waals surface area contributed by atoms with Crippen molar-refractivity contribution >= 4 is 19.4 Å². The van der Waals surface area contributed by atoms with Gasteiger partial charge in [0.15, 0.2) is 0 Å². The topological polar surface area (TPSA) is 29.5 Å². The summed E-state index contributed by atoms with van der Waals surface area (Å²) in [4.78, 5) is 0.509. The van der Waals surface area contributed by atoms with Crippen LogP contribution in [0.1, 0.15) is 25.7 Å². The van der Waals surface area contributed by atoms with Gasteiger partial charge >= 0.3 is 103 Å². The van der Waals surface area contributed by atoms with Gasteiger partial charge in [-0.25, -0.2) is 0 Å². The van der Waals surface area contributed by atoms with Gasteiger partial charge in [-0.15, -0.1) is 0 Å². The van der Waals surface area contributed by atoms with Crippen molar-refractivity contribution in [3.63, 3.8) is 0 Å². The van der Waals surface area contributed by atoms with Crippen LogP contribution < -0.4 is 9.20 Å². The predicted octanol–water partition coefficient (Wildman–Crippen LogP) is 1.75. The van der Waals surface area contributed by atoms with E-state index in [2.05, 4.69) is 12.1 Å². The van der Waals surface area contributed by atoms with Crippen LogP contribution in [0.25, 0.3) is 0 Å². The standard InChI is InChI=1S/C13H18O2Se/c1-15-10-6-8-11(9-7-10)16-13-5-3-2-4-12(13)14/h6-9,12-14H,2-5H2,1H3. The fourth-order valence-electron chi connectivity index (χ4n) is 2.04. The molecule has 2 nitrogen and oxygen atoms in total. The summed E-state index contributed by atoms with van der Waals surface area (Å²) in [6.45, 7) is 0. The van der Waals surface area contributed by atoms with Gasteiger partial charge in [0, 0.05) is 0 Å². The molecule has 0 saturated heterocycles. The summed E-state index contributed by atoms with van der Waals surface area (Å²) in [7, 11) is 1.69. The molecule has 16 heavy (non-hydrogen) atoms. The normalized spacial score (nSPS) is 25.4. The van der Waals surface area contributed by atoms with Crippen LogP contribution in [-0.4, -0.2) is 33.3 Å². The Balaban J connectivity index is 1.96. The second kappa shape index (κ2) is 5.72. The molecule has 0 heterocycles. The Hall–Kier alpha value is -0.501. The number of hydrogen-bond acceptors (Lipinski definition) is 2. The Labute approximate surface area is 103 Å². The van der Waals surface area contributed by atoms with E-state index in [1.807, 2.05) is 12.1 Å². The van der Waals surface area contributed by atoms with Gasteiger partial charge in [0.1, 0.15) is 0 Å². The van der Waals surface area contributed by atoms with Crippen LogP contribution in [0.5, 0.6) is 5.75 Å². The summed E-state index contributed by atoms with van der Waals surface area (Å²) in [5.74, 6) is 0.906. The second-order valence-electron chi connectivity index (χ2n) is 4.18. The van der Waals surface area contributed by atoms with Crippen LogP contribution >= 0.6 is 0 Å². The zero-order valence-corrected chi connectivity index (χ0v) is 11.3. The molecule has 1 saturated carbocycles. The van der Waals surface area contributed by atoms with Gasteiger partial charge in [0.2, 0.25) is 0 Å². The maximum atomic E-state index is 9.92. The summed E-state index contributed by atoms with van der Waals surface area (Å²) in [5, 5.41) is 9.92. The third-order valence-electron chi connectivity index (χ3n) is 3.01. The van der Waals surface area contributed by atoms with E-state index < -0.39 is 0 Å². The monoisotopic (exact) mass is 286 g/mol. The minimum atomic E-state index is -0.0733. The van der Waals surface area contributed by atoms with E-state index >= 15 is 0 Å². The number of rotatable bonds is 3. The van der Waals surface area contributed by atoms with Gasteiger partial charge in [-0.1, -0.05) is 0 Å². The molecule has 0 radical (unpaired) electrons. The molecule has 0 bridgehead atoms. The van der Waals surface area contributed by atoms with Crippen molar-refractivity contribution in [2.24, 2.45) is 0 Å². The van der Waals surface area contributed by atoms with E-state index in [4.69, 9.17) is 4.74 Å². The van der Waals surface area contributed by atoms with E-state index in [1.165, 1.54) is 23.7 Å². The first kappa shape index (κ1) is 12.0. The number of aliphatic hydroxyl groups excluding tert-OH is 1. The van der Waals surface area contributed by atoms with Gasteiger partial charge in [-0.2, -0.15) is 0 Å². The summed E-state index contributed by atoms with van der Waals surface area (Å²) >= 11 is 0.395. The average molecular weight is 285 g/mol. The minimum absolute atomic E-state index is 0.0733. The average Bonchev–Trinajstić information content (AvgIpc) is 2.33. The van der Waals surface area contributed by atoms with Crippen molar-refractivity contribution in [2.75, 3.05) is 7.11 Å². The molecule has 1 N–H and O–H groups in total. The number of aliphatic hydroxyl groups is 1. The molecule has 1 aliphatic carbocycles. The first-order chi connectivity index (χ1) is 7.79. The van der Waals surface area contributed by atoms with Crippen LogP contribution in [0, 0.1) is 0 Å². The van der Waals surface area contributed by atoms with Crippen molar-refractivity contribution < 1.29 is 9.84 Å². The number of hydrogen-bond donors (Lipinski definition) is 1. The van der Waals surface area contributed by atoms with Crippen LogP contribution in [-0.2, 0) is 0 Å². The van der Waals surface area contributed by atoms with Crippen LogP contribution in [0.2, 0.25) is 4.82 Å². The van der Waals surface area contributed by atoms with Crippen molar-refractivity contribution in [1.82, 2.24) is 0 Å². The van der Waals surface area contributed by atoms with Crippen molar-refractivity contribution in [3.8, 4) is 5.75 Å². The van der Waals surface area contributed by atoms with Crippen molar-refractivity contribution in [2.45, 2.75) is 36.6 Å². The Bertz CT molecular complexity index is 323. The van der Waals surface area contributed by atoms with E-state index in [1.54, 1.807) is 7.11 Å².